The molecule has 2 heterocycles. The molecule has 4 aromatic rings. The Hall–Kier alpha value is -3.57. The number of hydrogen-bond acceptors (Lipinski definition) is 4. The first-order valence-electron chi connectivity index (χ1n) is 11.4. The third-order valence-electron chi connectivity index (χ3n) is 6.51. The predicted molar refractivity (Wildman–Crippen MR) is 136 cm³/mol. The van der Waals surface area contributed by atoms with Gasteiger partial charge in [-0.25, -0.2) is 4.98 Å². The Kier molecular flexibility index (Phi) is 6.12. The van der Waals surface area contributed by atoms with E-state index < -0.39 is 0 Å². The van der Waals surface area contributed by atoms with E-state index in [4.69, 9.17) is 16.0 Å². The summed E-state index contributed by atoms with van der Waals surface area (Å²) in [6.07, 6.45) is 1.68. The Morgan fingerprint density at radius 1 is 0.912 bits per heavy atom. The fourth-order valence-electron chi connectivity index (χ4n) is 4.40. The molecule has 172 valence electrons. The fourth-order valence-corrected chi connectivity index (χ4v) is 4.53. The molecule has 1 saturated heterocycles. The summed E-state index contributed by atoms with van der Waals surface area (Å²) in [7, 11) is 0. The van der Waals surface area contributed by atoms with Gasteiger partial charge in [0.2, 0.25) is 5.89 Å². The molecular formula is C28H26ClN3O2. The van der Waals surface area contributed by atoms with Gasteiger partial charge in [-0.05, 0) is 67.4 Å². The minimum absolute atomic E-state index is 0.00228. The van der Waals surface area contributed by atoms with Crippen molar-refractivity contribution in [3.05, 3.63) is 94.6 Å². The maximum Gasteiger partial charge on any atom is 0.254 e. The summed E-state index contributed by atoms with van der Waals surface area (Å²) in [4.78, 5) is 22.2. The molecule has 6 heteroatoms. The van der Waals surface area contributed by atoms with E-state index >= 15 is 0 Å². The number of anilines is 1. The molecule has 34 heavy (non-hydrogen) atoms. The highest BCUT2D eigenvalue weighted by Gasteiger charge is 2.26. The number of piperazine rings is 1. The lowest BCUT2D eigenvalue weighted by Crippen LogP contribution is -2.49. The molecule has 5 nitrogen and oxygen atoms in total. The van der Waals surface area contributed by atoms with E-state index in [0.717, 1.165) is 18.7 Å². The van der Waals surface area contributed by atoms with Crippen molar-refractivity contribution in [1.29, 1.82) is 0 Å². The molecule has 0 N–H and O–H groups in total. The van der Waals surface area contributed by atoms with Gasteiger partial charge in [0.25, 0.3) is 5.91 Å². The van der Waals surface area contributed by atoms with Crippen molar-refractivity contribution in [1.82, 2.24) is 9.88 Å². The van der Waals surface area contributed by atoms with Crippen LogP contribution in [0.4, 0.5) is 5.69 Å². The Morgan fingerprint density at radius 2 is 1.65 bits per heavy atom. The van der Waals surface area contributed by atoms with E-state index in [-0.39, 0.29) is 5.91 Å². The minimum atomic E-state index is 0.00228. The highest BCUT2D eigenvalue weighted by molar-refractivity contribution is 6.30. The molecule has 1 fully saturated rings. The van der Waals surface area contributed by atoms with Crippen molar-refractivity contribution in [3.8, 4) is 22.8 Å². The lowest BCUT2D eigenvalue weighted by Gasteiger charge is -2.37. The number of rotatable bonds is 4. The second-order valence-corrected chi connectivity index (χ2v) is 9.02. The number of hydrogen-bond donors (Lipinski definition) is 0. The number of aromatic nitrogens is 1. The van der Waals surface area contributed by atoms with Crippen LogP contribution in [0.5, 0.6) is 0 Å². The van der Waals surface area contributed by atoms with Crippen molar-refractivity contribution < 1.29 is 9.21 Å². The van der Waals surface area contributed by atoms with Gasteiger partial charge in [-0.2, -0.15) is 0 Å². The van der Waals surface area contributed by atoms with Gasteiger partial charge in [0.05, 0.1) is 11.8 Å². The number of benzene rings is 3. The fraction of sp³-hybridized carbons (Fsp3) is 0.214. The van der Waals surface area contributed by atoms with Crippen molar-refractivity contribution in [2.45, 2.75) is 13.8 Å². The summed E-state index contributed by atoms with van der Waals surface area (Å²) in [5.41, 5.74) is 6.02. The zero-order valence-corrected chi connectivity index (χ0v) is 20.0. The van der Waals surface area contributed by atoms with Crippen molar-refractivity contribution in [2.24, 2.45) is 0 Å². The quantitative estimate of drug-likeness (QED) is 0.353. The standard InChI is InChI=1S/C28H26ClN3O2/c1-19-6-5-9-25(20(19)2)31-14-16-32(17-15-31)28(33)24-8-4-3-7-23(24)27-30-18-26(34-27)21-10-12-22(29)13-11-21/h3-13,18H,14-17H2,1-2H3. The van der Waals surface area contributed by atoms with Crippen LogP contribution in [0.3, 0.4) is 0 Å². The third-order valence-corrected chi connectivity index (χ3v) is 6.76. The first kappa shape index (κ1) is 22.2. The van der Waals surface area contributed by atoms with Crippen molar-refractivity contribution in [3.63, 3.8) is 0 Å². The van der Waals surface area contributed by atoms with Crippen molar-refractivity contribution in [2.75, 3.05) is 31.1 Å². The normalized spacial score (nSPS) is 13.9. The van der Waals surface area contributed by atoms with Gasteiger partial charge in [-0.1, -0.05) is 35.9 Å². The smallest absolute Gasteiger partial charge is 0.254 e. The Morgan fingerprint density at radius 3 is 2.41 bits per heavy atom. The molecule has 0 aliphatic carbocycles. The molecule has 1 aliphatic heterocycles. The van der Waals surface area contributed by atoms with Gasteiger partial charge in [0.1, 0.15) is 0 Å². The van der Waals surface area contributed by atoms with Gasteiger partial charge >= 0.3 is 0 Å². The maximum atomic E-state index is 13.5. The summed E-state index contributed by atoms with van der Waals surface area (Å²) in [6, 6.07) is 21.3. The van der Waals surface area contributed by atoms with E-state index in [1.807, 2.05) is 53.4 Å². The van der Waals surface area contributed by atoms with Gasteiger partial charge in [-0.15, -0.1) is 0 Å². The zero-order valence-electron chi connectivity index (χ0n) is 19.3. The monoisotopic (exact) mass is 471 g/mol. The largest absolute Gasteiger partial charge is 0.436 e. The van der Waals surface area contributed by atoms with Crippen LogP contribution in [0.25, 0.3) is 22.8 Å². The second kappa shape index (κ2) is 9.35. The molecule has 1 aromatic heterocycles. The first-order valence-corrected chi connectivity index (χ1v) is 11.8. The maximum absolute atomic E-state index is 13.5. The summed E-state index contributed by atoms with van der Waals surface area (Å²) >= 11 is 6.00. The van der Waals surface area contributed by atoms with E-state index in [1.165, 1.54) is 16.8 Å². The van der Waals surface area contributed by atoms with Crippen LogP contribution in [0.15, 0.2) is 77.3 Å². The Balaban J connectivity index is 1.34. The number of halogens is 1. The molecule has 0 saturated carbocycles. The number of carbonyl (C=O) groups excluding carboxylic acids is 1. The molecule has 3 aromatic carbocycles. The molecule has 1 aliphatic rings. The number of aryl methyl sites for hydroxylation is 1. The van der Waals surface area contributed by atoms with Gasteiger partial charge in [0.15, 0.2) is 5.76 Å². The lowest BCUT2D eigenvalue weighted by molar-refractivity contribution is 0.0747. The van der Waals surface area contributed by atoms with Crippen LogP contribution < -0.4 is 4.90 Å². The van der Waals surface area contributed by atoms with Crippen LogP contribution >= 0.6 is 11.6 Å². The van der Waals surface area contributed by atoms with Crippen LogP contribution in [0, 0.1) is 13.8 Å². The van der Waals surface area contributed by atoms with Gasteiger partial charge < -0.3 is 14.2 Å². The lowest BCUT2D eigenvalue weighted by atomic mass is 10.0. The number of nitrogens with zero attached hydrogens (tertiary/aromatic N) is 3. The molecule has 0 bridgehead atoms. The van der Waals surface area contributed by atoms with E-state index in [2.05, 4.69) is 41.9 Å². The number of carbonyl (C=O) groups is 1. The van der Waals surface area contributed by atoms with Gasteiger partial charge in [-0.3, -0.25) is 4.79 Å². The average Bonchev–Trinajstić information content (AvgIpc) is 3.36. The van der Waals surface area contributed by atoms with Crippen LogP contribution in [-0.2, 0) is 0 Å². The second-order valence-electron chi connectivity index (χ2n) is 8.58. The van der Waals surface area contributed by atoms with E-state index in [0.29, 0.717) is 40.9 Å². The summed E-state index contributed by atoms with van der Waals surface area (Å²) in [5, 5.41) is 0.664. The van der Waals surface area contributed by atoms with Crippen LogP contribution in [-0.4, -0.2) is 42.0 Å². The first-order chi connectivity index (χ1) is 16.5. The van der Waals surface area contributed by atoms with Crippen LogP contribution in [0.1, 0.15) is 21.5 Å². The van der Waals surface area contributed by atoms with E-state index in [9.17, 15) is 4.79 Å². The Labute approximate surface area is 204 Å². The van der Waals surface area contributed by atoms with Gasteiger partial charge in [0, 0.05) is 48.0 Å². The van der Waals surface area contributed by atoms with E-state index in [1.54, 1.807) is 6.20 Å². The molecule has 5 rings (SSSR count). The molecule has 1 amide bonds. The molecule has 0 spiro atoms. The predicted octanol–water partition coefficient (Wildman–Crippen LogP) is 6.24. The SMILES string of the molecule is Cc1cccc(N2CCN(C(=O)c3ccccc3-c3ncc(-c4ccc(Cl)cc4)o3)CC2)c1C. The number of amides is 1. The Bertz CT molecular complexity index is 1320. The topological polar surface area (TPSA) is 49.6 Å². The number of oxazole rings is 1. The zero-order chi connectivity index (χ0) is 23.7. The summed E-state index contributed by atoms with van der Waals surface area (Å²) in [5.74, 6) is 1.07. The highest BCUT2D eigenvalue weighted by atomic mass is 35.5. The third kappa shape index (κ3) is 4.31. The minimum Gasteiger partial charge on any atom is -0.436 e. The summed E-state index contributed by atoms with van der Waals surface area (Å²) in [6.45, 7) is 7.24. The summed E-state index contributed by atoms with van der Waals surface area (Å²) < 4.78 is 6.04. The highest BCUT2D eigenvalue weighted by Crippen LogP contribution is 2.30. The van der Waals surface area contributed by atoms with Crippen LogP contribution in [0.2, 0.25) is 5.02 Å². The molecule has 0 unspecified atom stereocenters. The average molecular weight is 472 g/mol. The molecule has 0 atom stereocenters. The molecular weight excluding hydrogens is 446 g/mol. The molecule has 0 radical (unpaired) electrons. The van der Waals surface area contributed by atoms with Crippen molar-refractivity contribution >= 4 is 23.2 Å².